The summed E-state index contributed by atoms with van der Waals surface area (Å²) in [6, 6.07) is 0.948. The van der Waals surface area contributed by atoms with Gasteiger partial charge in [-0.2, -0.15) is 30.9 Å². The smallest absolute Gasteiger partial charge is 0.416 e. The van der Waals surface area contributed by atoms with E-state index in [0.29, 0.717) is 0 Å². The summed E-state index contributed by atoms with van der Waals surface area (Å²) < 4.78 is 48.4. The van der Waals surface area contributed by atoms with E-state index in [0.717, 1.165) is 15.3 Å². The van der Waals surface area contributed by atoms with Gasteiger partial charge in [0.2, 0.25) is 0 Å². The number of hydrogen-bond acceptors (Lipinski definition) is 5. The van der Waals surface area contributed by atoms with Crippen LogP contribution in [0.4, 0.5) is 13.2 Å². The van der Waals surface area contributed by atoms with Crippen molar-refractivity contribution in [3.8, 4) is 5.75 Å². The Balaban J connectivity index is 2.71. The van der Waals surface area contributed by atoms with Gasteiger partial charge in [0, 0.05) is 29.0 Å². The molecule has 2 aromatic rings. The number of pyridine rings is 1. The normalized spacial score (nSPS) is 13.4. The number of rotatable bonds is 5. The van der Waals surface area contributed by atoms with Gasteiger partial charge in [0.25, 0.3) is 11.1 Å². The van der Waals surface area contributed by atoms with Crippen molar-refractivity contribution in [2.45, 2.75) is 51.1 Å². The van der Waals surface area contributed by atoms with E-state index in [-0.39, 0.29) is 23.6 Å². The van der Waals surface area contributed by atoms with Gasteiger partial charge in [-0.3, -0.25) is 9.59 Å². The molecular weight excluding hydrogens is 407 g/mol. The van der Waals surface area contributed by atoms with Crippen molar-refractivity contribution in [3.05, 3.63) is 55.4 Å². The van der Waals surface area contributed by atoms with Gasteiger partial charge in [-0.25, -0.2) is 4.68 Å². The Kier molecular flexibility index (Phi) is 6.27. The summed E-state index contributed by atoms with van der Waals surface area (Å²) in [6.07, 6.45) is -3.40. The van der Waals surface area contributed by atoms with Crippen molar-refractivity contribution in [2.75, 3.05) is 7.11 Å². The third kappa shape index (κ3) is 4.36. The van der Waals surface area contributed by atoms with Gasteiger partial charge in [0.1, 0.15) is 5.75 Å². The van der Waals surface area contributed by atoms with E-state index in [1.807, 2.05) is 0 Å². The fourth-order valence-corrected chi connectivity index (χ4v) is 3.54. The number of ether oxygens (including phenoxy) is 1. The van der Waals surface area contributed by atoms with Crippen LogP contribution in [0.25, 0.3) is 0 Å². The molecule has 0 amide bonds. The lowest BCUT2D eigenvalue weighted by atomic mass is 9.82. The number of thiol groups is 1. The summed E-state index contributed by atoms with van der Waals surface area (Å²) in [5.74, 6) is 0.244. The van der Waals surface area contributed by atoms with Gasteiger partial charge >= 0.3 is 6.18 Å². The van der Waals surface area contributed by atoms with Crippen LogP contribution < -0.4 is 15.9 Å². The van der Waals surface area contributed by atoms with Crippen LogP contribution >= 0.6 is 12.6 Å². The molecule has 1 unspecified atom stereocenters. The molecule has 0 bridgehead atoms. The molecule has 0 fully saturated rings. The molecule has 0 N–H and O–H groups in total. The number of halogens is 3. The van der Waals surface area contributed by atoms with Gasteiger partial charge in [0.15, 0.2) is 0 Å². The fraction of sp³-hybridized carbons (Fsp3) is 0.526. The van der Waals surface area contributed by atoms with Crippen LogP contribution in [0.1, 0.15) is 48.4 Å². The van der Waals surface area contributed by atoms with Crippen molar-refractivity contribution in [3.63, 3.8) is 0 Å². The average molecular weight is 431 g/mol. The summed E-state index contributed by atoms with van der Waals surface area (Å²) in [4.78, 5) is 25.6. The van der Waals surface area contributed by atoms with Crippen LogP contribution in [0.15, 0.2) is 21.9 Å². The van der Waals surface area contributed by atoms with E-state index in [1.54, 1.807) is 6.92 Å². The van der Waals surface area contributed by atoms with Crippen LogP contribution in [0.2, 0.25) is 0 Å². The van der Waals surface area contributed by atoms with E-state index in [9.17, 15) is 22.8 Å². The molecule has 0 aromatic carbocycles. The molecule has 0 radical (unpaired) electrons. The third-order valence-electron chi connectivity index (χ3n) is 4.88. The second kappa shape index (κ2) is 7.89. The average Bonchev–Trinajstić information content (AvgIpc) is 2.59. The fourth-order valence-electron chi connectivity index (χ4n) is 3.30. The number of alkyl halides is 3. The zero-order valence-corrected chi connectivity index (χ0v) is 18.0. The molecular formula is C19H24F3N3O3S. The predicted molar refractivity (Wildman–Crippen MR) is 107 cm³/mol. The third-order valence-corrected chi connectivity index (χ3v) is 5.14. The summed E-state index contributed by atoms with van der Waals surface area (Å²) in [5, 5.41) is 3.54. The highest BCUT2D eigenvalue weighted by Crippen LogP contribution is 2.37. The van der Waals surface area contributed by atoms with Crippen LogP contribution in [0.5, 0.6) is 5.75 Å². The van der Waals surface area contributed by atoms with Gasteiger partial charge in [-0.15, -0.1) is 0 Å². The minimum atomic E-state index is -4.71. The van der Waals surface area contributed by atoms with E-state index in [1.165, 1.54) is 41.1 Å². The topological polar surface area (TPSA) is 66.1 Å². The Morgan fingerprint density at radius 2 is 1.83 bits per heavy atom. The first-order valence-corrected chi connectivity index (χ1v) is 9.34. The Morgan fingerprint density at radius 1 is 1.24 bits per heavy atom. The Hall–Kier alpha value is -2.23. The van der Waals surface area contributed by atoms with Crippen molar-refractivity contribution in [1.29, 1.82) is 0 Å². The Bertz CT molecular complexity index is 1040. The summed E-state index contributed by atoms with van der Waals surface area (Å²) in [7, 11) is 2.80. The molecule has 0 aliphatic rings. The SMILES string of the molecule is COc1cnn(CC(C)(C)c2c(C(F)(F)F)cc(C)n(C)c2=O)c(=O)c1C(C)S. The monoisotopic (exact) mass is 431 g/mol. The summed E-state index contributed by atoms with van der Waals surface area (Å²) in [5.41, 5.74) is -3.61. The van der Waals surface area contributed by atoms with E-state index >= 15 is 0 Å². The van der Waals surface area contributed by atoms with Crippen LogP contribution in [-0.4, -0.2) is 21.5 Å². The number of nitrogens with zero attached hydrogens (tertiary/aromatic N) is 3. The lowest BCUT2D eigenvalue weighted by molar-refractivity contribution is -0.139. The molecule has 10 heteroatoms. The summed E-state index contributed by atoms with van der Waals surface area (Å²) >= 11 is 4.28. The maximum absolute atomic E-state index is 13.7. The van der Waals surface area contributed by atoms with Crippen molar-refractivity contribution >= 4 is 12.6 Å². The minimum Gasteiger partial charge on any atom is -0.495 e. The second-order valence-corrected chi connectivity index (χ2v) is 8.36. The highest BCUT2D eigenvalue weighted by Gasteiger charge is 2.41. The molecule has 6 nitrogen and oxygen atoms in total. The zero-order valence-electron chi connectivity index (χ0n) is 17.1. The van der Waals surface area contributed by atoms with E-state index < -0.39 is 39.1 Å². The highest BCUT2D eigenvalue weighted by atomic mass is 32.1. The molecule has 0 saturated heterocycles. The van der Waals surface area contributed by atoms with Gasteiger partial charge < -0.3 is 9.30 Å². The first kappa shape index (κ1) is 23.1. The molecule has 0 spiro atoms. The predicted octanol–water partition coefficient (Wildman–Crippen LogP) is 3.25. The standard InChI is InChI=1S/C19H24F3N3O3S/c1-10-7-12(19(20,21)22)15(17(27)24(10)5)18(3,4)9-25-16(26)14(11(2)29)13(28-6)8-23-25/h7-8,11,29H,9H2,1-6H3. The molecule has 0 saturated carbocycles. The molecule has 2 rings (SSSR count). The van der Waals surface area contributed by atoms with Crippen LogP contribution in [-0.2, 0) is 25.2 Å². The Morgan fingerprint density at radius 3 is 2.31 bits per heavy atom. The second-order valence-electron chi connectivity index (χ2n) is 7.59. The quantitative estimate of drug-likeness (QED) is 0.739. The molecule has 2 aromatic heterocycles. The van der Waals surface area contributed by atoms with E-state index in [2.05, 4.69) is 17.7 Å². The molecule has 1 atom stereocenters. The lowest BCUT2D eigenvalue weighted by Gasteiger charge is -2.29. The van der Waals surface area contributed by atoms with Crippen LogP contribution in [0.3, 0.4) is 0 Å². The summed E-state index contributed by atoms with van der Waals surface area (Å²) in [6.45, 7) is 5.84. The zero-order chi connectivity index (χ0) is 22.3. The molecule has 0 aliphatic heterocycles. The first-order valence-electron chi connectivity index (χ1n) is 8.82. The van der Waals surface area contributed by atoms with Gasteiger partial charge in [-0.1, -0.05) is 13.8 Å². The number of aryl methyl sites for hydroxylation is 1. The molecule has 29 heavy (non-hydrogen) atoms. The first-order chi connectivity index (χ1) is 13.2. The van der Waals surface area contributed by atoms with Gasteiger partial charge in [-0.05, 0) is 19.9 Å². The maximum atomic E-state index is 13.7. The number of aromatic nitrogens is 3. The molecule has 2 heterocycles. The lowest BCUT2D eigenvalue weighted by Crippen LogP contribution is -2.41. The van der Waals surface area contributed by atoms with Crippen molar-refractivity contribution in [1.82, 2.24) is 14.3 Å². The largest absolute Gasteiger partial charge is 0.495 e. The van der Waals surface area contributed by atoms with Crippen LogP contribution in [0, 0.1) is 6.92 Å². The molecule has 0 aliphatic carbocycles. The van der Waals surface area contributed by atoms with Crippen molar-refractivity contribution in [2.24, 2.45) is 7.05 Å². The van der Waals surface area contributed by atoms with Gasteiger partial charge in [0.05, 0.1) is 31.0 Å². The molecule has 160 valence electrons. The number of hydrogen-bond donors (Lipinski definition) is 1. The van der Waals surface area contributed by atoms with E-state index in [4.69, 9.17) is 4.74 Å². The highest BCUT2D eigenvalue weighted by molar-refractivity contribution is 7.80. The number of methoxy groups -OCH3 is 1. The Labute approximate surface area is 171 Å². The minimum absolute atomic E-state index is 0.188. The van der Waals surface area contributed by atoms with Crippen molar-refractivity contribution < 1.29 is 17.9 Å². The maximum Gasteiger partial charge on any atom is 0.416 e.